The van der Waals surface area contributed by atoms with Gasteiger partial charge in [0.25, 0.3) is 0 Å². The quantitative estimate of drug-likeness (QED) is 0.164. The van der Waals surface area contributed by atoms with E-state index in [4.69, 9.17) is 9.47 Å². The summed E-state index contributed by atoms with van der Waals surface area (Å²) in [5.74, 6) is 0.674. The highest BCUT2D eigenvalue weighted by Gasteiger charge is 2.16. The van der Waals surface area contributed by atoms with Gasteiger partial charge in [-0.25, -0.2) is 13.2 Å². The molecule has 0 aromatic heterocycles. The number of unbranched alkanes of at least 4 members (excludes halogenated alkanes) is 2. The van der Waals surface area contributed by atoms with Crippen LogP contribution in [0.2, 0.25) is 0 Å². The molecule has 0 aliphatic rings. The van der Waals surface area contributed by atoms with E-state index >= 15 is 0 Å². The van der Waals surface area contributed by atoms with Crippen LogP contribution in [-0.2, 0) is 14.6 Å². The van der Waals surface area contributed by atoms with E-state index in [-0.39, 0.29) is 10.6 Å². The number of benzene rings is 3. The van der Waals surface area contributed by atoms with Crippen molar-refractivity contribution in [3.63, 3.8) is 0 Å². The number of carbonyl (C=O) groups excluding carboxylic acids is 1. The molecule has 222 valence electrons. The molecule has 2 N–H and O–H groups in total. The number of ether oxygens (including phenoxy) is 2. The minimum atomic E-state index is -3.41. The highest BCUT2D eigenvalue weighted by atomic mass is 79.9. The second-order valence-electron chi connectivity index (χ2n) is 10.6. The van der Waals surface area contributed by atoms with Crippen molar-refractivity contribution >= 4 is 53.5 Å². The standard InChI is InChI=1S/C31H38Br2N2O5S/c1-31(2,3)40-30(36)35-17-5-4-6-19-39-26-12-14-27(15-13-26)41(37,38)20-8-18-34-29-16-11-25(33)22-28(29)23-9-7-10-24(32)21-23/h7,9-16,21-22,34H,4-6,8,17-20H2,1-3H3,(H,35,36). The van der Waals surface area contributed by atoms with E-state index in [0.717, 1.165) is 45.0 Å². The fraction of sp³-hybridized carbons (Fsp3) is 0.387. The fourth-order valence-electron chi connectivity index (χ4n) is 4.01. The third-order valence-corrected chi connectivity index (χ3v) is 8.77. The second-order valence-corrected chi connectivity index (χ2v) is 14.5. The lowest BCUT2D eigenvalue weighted by molar-refractivity contribution is 0.0527. The Balaban J connectivity index is 1.39. The average molecular weight is 711 g/mol. The van der Waals surface area contributed by atoms with E-state index in [1.807, 2.05) is 51.1 Å². The predicted molar refractivity (Wildman–Crippen MR) is 172 cm³/mol. The zero-order chi connectivity index (χ0) is 29.9. The first kappa shape index (κ1) is 32.9. The highest BCUT2D eigenvalue weighted by molar-refractivity contribution is 9.10. The molecule has 3 aromatic carbocycles. The number of hydrogen-bond donors (Lipinski definition) is 2. The summed E-state index contributed by atoms with van der Waals surface area (Å²) in [5, 5.41) is 6.14. The molecule has 0 aliphatic heterocycles. The number of rotatable bonds is 14. The molecule has 0 heterocycles. The molecule has 0 radical (unpaired) electrons. The van der Waals surface area contributed by atoms with Gasteiger partial charge in [-0.05, 0) is 107 Å². The van der Waals surface area contributed by atoms with Gasteiger partial charge in [0.2, 0.25) is 0 Å². The third-order valence-electron chi connectivity index (χ3n) is 5.96. The summed E-state index contributed by atoms with van der Waals surface area (Å²) >= 11 is 7.07. The summed E-state index contributed by atoms with van der Waals surface area (Å²) in [6.45, 7) is 7.08. The van der Waals surface area contributed by atoms with E-state index in [1.165, 1.54) is 0 Å². The molecule has 3 aromatic rings. The Morgan fingerprint density at radius 3 is 2.29 bits per heavy atom. The first-order valence-corrected chi connectivity index (χ1v) is 16.9. The molecule has 0 atom stereocenters. The maximum absolute atomic E-state index is 12.9. The lowest BCUT2D eigenvalue weighted by atomic mass is 10.0. The van der Waals surface area contributed by atoms with Gasteiger partial charge in [0.05, 0.1) is 17.3 Å². The van der Waals surface area contributed by atoms with Crippen LogP contribution in [-0.4, -0.2) is 45.6 Å². The van der Waals surface area contributed by atoms with Gasteiger partial charge in [0.15, 0.2) is 9.84 Å². The first-order valence-electron chi connectivity index (χ1n) is 13.6. The fourth-order valence-corrected chi connectivity index (χ4v) is 6.08. The molecule has 41 heavy (non-hydrogen) atoms. The van der Waals surface area contributed by atoms with Crippen LogP contribution < -0.4 is 15.4 Å². The Labute approximate surface area is 260 Å². The summed E-state index contributed by atoms with van der Waals surface area (Å²) < 4.78 is 38.7. The molecule has 1 amide bonds. The van der Waals surface area contributed by atoms with E-state index < -0.39 is 21.5 Å². The number of amides is 1. The zero-order valence-corrected chi connectivity index (χ0v) is 27.7. The van der Waals surface area contributed by atoms with Crippen LogP contribution in [0.1, 0.15) is 46.5 Å². The van der Waals surface area contributed by atoms with E-state index in [0.29, 0.717) is 31.9 Å². The monoisotopic (exact) mass is 708 g/mol. The molecule has 10 heteroatoms. The third kappa shape index (κ3) is 11.7. The maximum Gasteiger partial charge on any atom is 0.407 e. The first-order chi connectivity index (χ1) is 19.4. The van der Waals surface area contributed by atoms with E-state index in [2.05, 4.69) is 54.6 Å². The van der Waals surface area contributed by atoms with Crippen LogP contribution in [0.4, 0.5) is 10.5 Å². The van der Waals surface area contributed by atoms with Crippen molar-refractivity contribution < 1.29 is 22.7 Å². The van der Waals surface area contributed by atoms with Gasteiger partial charge in [-0.15, -0.1) is 0 Å². The van der Waals surface area contributed by atoms with E-state index in [9.17, 15) is 13.2 Å². The lowest BCUT2D eigenvalue weighted by Gasteiger charge is -2.19. The Bertz CT molecular complexity index is 1390. The molecule has 3 rings (SSSR count). The largest absolute Gasteiger partial charge is 0.494 e. The molecule has 0 aliphatic carbocycles. The van der Waals surface area contributed by atoms with Crippen molar-refractivity contribution in [1.82, 2.24) is 5.32 Å². The van der Waals surface area contributed by atoms with Crippen LogP contribution in [0, 0.1) is 0 Å². The Morgan fingerprint density at radius 1 is 0.854 bits per heavy atom. The summed E-state index contributed by atoms with van der Waals surface area (Å²) in [5.41, 5.74) is 2.55. The molecule has 0 saturated carbocycles. The van der Waals surface area contributed by atoms with Crippen LogP contribution in [0.15, 0.2) is 80.6 Å². The lowest BCUT2D eigenvalue weighted by Crippen LogP contribution is -2.33. The van der Waals surface area contributed by atoms with Crippen molar-refractivity contribution in [1.29, 1.82) is 0 Å². The molecule has 0 bridgehead atoms. The maximum atomic E-state index is 12.9. The molecule has 0 fully saturated rings. The number of sulfone groups is 1. The number of nitrogens with one attached hydrogen (secondary N) is 2. The van der Waals surface area contributed by atoms with Crippen molar-refractivity contribution in [2.75, 3.05) is 30.8 Å². The van der Waals surface area contributed by atoms with Crippen LogP contribution >= 0.6 is 31.9 Å². The number of anilines is 1. The van der Waals surface area contributed by atoms with Crippen molar-refractivity contribution in [2.24, 2.45) is 0 Å². The van der Waals surface area contributed by atoms with Gasteiger partial charge in [-0.1, -0.05) is 44.0 Å². The molecule has 7 nitrogen and oxygen atoms in total. The van der Waals surface area contributed by atoms with E-state index in [1.54, 1.807) is 24.3 Å². The normalized spacial score (nSPS) is 11.6. The van der Waals surface area contributed by atoms with Gasteiger partial charge in [-0.3, -0.25) is 0 Å². The topological polar surface area (TPSA) is 93.7 Å². The molecule has 0 unspecified atom stereocenters. The van der Waals surface area contributed by atoms with Gasteiger partial charge in [-0.2, -0.15) is 0 Å². The summed E-state index contributed by atoms with van der Waals surface area (Å²) in [4.78, 5) is 11.9. The van der Waals surface area contributed by atoms with Crippen LogP contribution in [0.5, 0.6) is 5.75 Å². The van der Waals surface area contributed by atoms with Crippen LogP contribution in [0.25, 0.3) is 11.1 Å². The van der Waals surface area contributed by atoms with Crippen molar-refractivity contribution in [3.8, 4) is 16.9 Å². The SMILES string of the molecule is CC(C)(C)OC(=O)NCCCCCOc1ccc(S(=O)(=O)CCCNc2ccc(Br)cc2-c2cccc(Br)c2)cc1. The van der Waals surface area contributed by atoms with Crippen molar-refractivity contribution in [3.05, 3.63) is 75.7 Å². The van der Waals surface area contributed by atoms with Gasteiger partial charge in [0, 0.05) is 33.3 Å². The minimum Gasteiger partial charge on any atom is -0.494 e. The highest BCUT2D eigenvalue weighted by Crippen LogP contribution is 2.32. The predicted octanol–water partition coefficient (Wildman–Crippen LogP) is 8.23. The Morgan fingerprint density at radius 2 is 1.59 bits per heavy atom. The van der Waals surface area contributed by atoms with Gasteiger partial charge >= 0.3 is 6.09 Å². The minimum absolute atomic E-state index is 0.0419. The van der Waals surface area contributed by atoms with Crippen LogP contribution in [0.3, 0.4) is 0 Å². The van der Waals surface area contributed by atoms with Crippen molar-refractivity contribution in [2.45, 2.75) is 57.0 Å². The summed E-state index contributed by atoms with van der Waals surface area (Å²) in [6, 6.07) is 20.7. The molecule has 0 spiro atoms. The smallest absolute Gasteiger partial charge is 0.407 e. The Kier molecular flexibility index (Phi) is 12.5. The Hall–Kier alpha value is -2.56. The van der Waals surface area contributed by atoms with Gasteiger partial charge in [0.1, 0.15) is 11.4 Å². The molecular weight excluding hydrogens is 672 g/mol. The number of carbonyl (C=O) groups is 1. The molecular formula is C31H38Br2N2O5S. The number of alkyl carbamates (subject to hydrolysis) is 1. The second kappa shape index (κ2) is 15.6. The van der Waals surface area contributed by atoms with Gasteiger partial charge < -0.3 is 20.1 Å². The summed E-state index contributed by atoms with van der Waals surface area (Å²) in [7, 11) is -3.41. The summed E-state index contributed by atoms with van der Waals surface area (Å²) in [6.07, 6.45) is 2.60. The molecule has 0 saturated heterocycles. The number of hydrogen-bond acceptors (Lipinski definition) is 6. The zero-order valence-electron chi connectivity index (χ0n) is 23.7. The number of halogens is 2. The average Bonchev–Trinajstić information content (AvgIpc) is 2.90.